The maximum absolute atomic E-state index is 4.89. The third-order valence-electron chi connectivity index (χ3n) is 1.65. The van der Waals surface area contributed by atoms with Crippen LogP contribution in [0.15, 0.2) is 41.4 Å². The first kappa shape index (κ1) is 7.73. The predicted octanol–water partition coefficient (Wildman–Crippen LogP) is 2.38. The molecule has 3 heteroatoms. The average molecular weight is 172 g/mol. The van der Waals surface area contributed by atoms with Crippen molar-refractivity contribution in [2.24, 2.45) is 0 Å². The van der Waals surface area contributed by atoms with E-state index in [4.69, 9.17) is 4.52 Å². The van der Waals surface area contributed by atoms with Crippen molar-refractivity contribution in [2.45, 2.75) is 0 Å². The van der Waals surface area contributed by atoms with Gasteiger partial charge in [-0.05, 0) is 6.08 Å². The number of benzene rings is 1. The maximum atomic E-state index is 4.89. The zero-order valence-electron chi connectivity index (χ0n) is 6.97. The fourth-order valence-electron chi connectivity index (χ4n) is 1.02. The van der Waals surface area contributed by atoms with Crippen molar-refractivity contribution in [1.29, 1.82) is 0 Å². The summed E-state index contributed by atoms with van der Waals surface area (Å²) in [5, 5.41) is 3.80. The molecule has 0 N–H and O–H groups in total. The minimum Gasteiger partial charge on any atom is -0.334 e. The quantitative estimate of drug-likeness (QED) is 0.698. The standard InChI is InChI=1S/C10H8N2O/c1-2-9-11-10(12-13-9)8-6-4-3-5-7-8/h2-7H,1H2. The van der Waals surface area contributed by atoms with Crippen molar-refractivity contribution in [2.75, 3.05) is 0 Å². The van der Waals surface area contributed by atoms with Crippen LogP contribution < -0.4 is 0 Å². The van der Waals surface area contributed by atoms with E-state index in [9.17, 15) is 0 Å². The third-order valence-corrected chi connectivity index (χ3v) is 1.65. The Labute approximate surface area is 75.7 Å². The van der Waals surface area contributed by atoms with Gasteiger partial charge in [0.15, 0.2) is 0 Å². The van der Waals surface area contributed by atoms with Crippen LogP contribution in [0.1, 0.15) is 5.89 Å². The van der Waals surface area contributed by atoms with Crippen LogP contribution in [0.4, 0.5) is 0 Å². The van der Waals surface area contributed by atoms with Crippen LogP contribution in [0, 0.1) is 0 Å². The molecule has 0 spiro atoms. The molecule has 0 unspecified atom stereocenters. The topological polar surface area (TPSA) is 38.9 Å². The maximum Gasteiger partial charge on any atom is 0.250 e. The number of nitrogens with zero attached hydrogens (tertiary/aromatic N) is 2. The van der Waals surface area contributed by atoms with Gasteiger partial charge in [-0.3, -0.25) is 0 Å². The summed E-state index contributed by atoms with van der Waals surface area (Å²) >= 11 is 0. The number of hydrogen-bond donors (Lipinski definition) is 0. The lowest BCUT2D eigenvalue weighted by atomic mass is 10.2. The molecule has 0 radical (unpaired) electrons. The van der Waals surface area contributed by atoms with Gasteiger partial charge < -0.3 is 4.52 Å². The van der Waals surface area contributed by atoms with Crippen molar-refractivity contribution in [3.05, 3.63) is 42.8 Å². The Kier molecular flexibility index (Phi) is 1.92. The van der Waals surface area contributed by atoms with Crippen molar-refractivity contribution in [1.82, 2.24) is 10.1 Å². The van der Waals surface area contributed by atoms with Crippen LogP contribution >= 0.6 is 0 Å². The van der Waals surface area contributed by atoms with Gasteiger partial charge in [0.05, 0.1) is 0 Å². The molecule has 2 aromatic rings. The summed E-state index contributed by atoms with van der Waals surface area (Å²) in [4.78, 5) is 4.10. The van der Waals surface area contributed by atoms with Gasteiger partial charge in [0.2, 0.25) is 11.7 Å². The van der Waals surface area contributed by atoms with E-state index in [1.807, 2.05) is 30.3 Å². The summed E-state index contributed by atoms with van der Waals surface area (Å²) in [6.45, 7) is 3.54. The van der Waals surface area contributed by atoms with E-state index in [0.29, 0.717) is 11.7 Å². The predicted molar refractivity (Wildman–Crippen MR) is 49.8 cm³/mol. The van der Waals surface area contributed by atoms with Gasteiger partial charge in [-0.15, -0.1) is 0 Å². The molecule has 3 nitrogen and oxygen atoms in total. The molecule has 0 aliphatic carbocycles. The first-order valence-electron chi connectivity index (χ1n) is 3.92. The molecule has 0 saturated carbocycles. The van der Waals surface area contributed by atoms with Crippen LogP contribution in [-0.2, 0) is 0 Å². The second kappa shape index (κ2) is 3.23. The molecule has 1 aromatic heterocycles. The second-order valence-corrected chi connectivity index (χ2v) is 2.53. The highest BCUT2D eigenvalue weighted by atomic mass is 16.5. The van der Waals surface area contributed by atoms with Crippen LogP contribution in [0.2, 0.25) is 0 Å². The van der Waals surface area contributed by atoms with Crippen molar-refractivity contribution in [3.63, 3.8) is 0 Å². The summed E-state index contributed by atoms with van der Waals surface area (Å²) in [6.07, 6.45) is 1.53. The number of aromatic nitrogens is 2. The summed E-state index contributed by atoms with van der Waals surface area (Å²) in [5.74, 6) is 1.04. The number of hydrogen-bond acceptors (Lipinski definition) is 3. The Bertz CT molecular complexity index is 406. The molecule has 0 bridgehead atoms. The fourth-order valence-corrected chi connectivity index (χ4v) is 1.02. The van der Waals surface area contributed by atoms with E-state index >= 15 is 0 Å². The highest BCUT2D eigenvalue weighted by Gasteiger charge is 2.04. The molecule has 64 valence electrons. The largest absolute Gasteiger partial charge is 0.334 e. The molecular weight excluding hydrogens is 164 g/mol. The molecule has 0 aliphatic rings. The normalized spacial score (nSPS) is 9.85. The van der Waals surface area contributed by atoms with Crippen molar-refractivity contribution in [3.8, 4) is 11.4 Å². The smallest absolute Gasteiger partial charge is 0.250 e. The molecule has 1 aromatic carbocycles. The fraction of sp³-hybridized carbons (Fsp3) is 0. The molecule has 0 amide bonds. The first-order chi connectivity index (χ1) is 6.40. The monoisotopic (exact) mass is 172 g/mol. The Morgan fingerprint density at radius 1 is 1.23 bits per heavy atom. The molecule has 0 aliphatic heterocycles. The lowest BCUT2D eigenvalue weighted by Gasteiger charge is -1.89. The first-order valence-corrected chi connectivity index (χ1v) is 3.92. The van der Waals surface area contributed by atoms with Crippen LogP contribution in [-0.4, -0.2) is 10.1 Å². The molecule has 0 fully saturated rings. The summed E-state index contributed by atoms with van der Waals surface area (Å²) in [5.41, 5.74) is 0.944. The lowest BCUT2D eigenvalue weighted by molar-refractivity contribution is 0.411. The van der Waals surface area contributed by atoms with E-state index < -0.39 is 0 Å². The summed E-state index contributed by atoms with van der Waals surface area (Å²) in [7, 11) is 0. The molecule has 0 atom stereocenters. The van der Waals surface area contributed by atoms with Gasteiger partial charge in [0.25, 0.3) is 0 Å². The summed E-state index contributed by atoms with van der Waals surface area (Å²) in [6, 6.07) is 9.66. The summed E-state index contributed by atoms with van der Waals surface area (Å²) < 4.78 is 4.89. The molecule has 13 heavy (non-hydrogen) atoms. The van der Waals surface area contributed by atoms with Crippen LogP contribution in [0.3, 0.4) is 0 Å². The zero-order chi connectivity index (χ0) is 9.10. The van der Waals surface area contributed by atoms with Crippen molar-refractivity contribution < 1.29 is 4.52 Å². The Morgan fingerprint density at radius 2 is 2.00 bits per heavy atom. The second-order valence-electron chi connectivity index (χ2n) is 2.53. The van der Waals surface area contributed by atoms with Crippen molar-refractivity contribution >= 4 is 6.08 Å². The third kappa shape index (κ3) is 1.49. The van der Waals surface area contributed by atoms with Gasteiger partial charge in [0, 0.05) is 5.56 Å². The highest BCUT2D eigenvalue weighted by Crippen LogP contribution is 2.14. The number of rotatable bonds is 2. The molecular formula is C10H8N2O. The average Bonchev–Trinajstić information content (AvgIpc) is 2.67. The van der Waals surface area contributed by atoms with Gasteiger partial charge in [-0.2, -0.15) is 4.98 Å². The van der Waals surface area contributed by atoms with E-state index in [-0.39, 0.29) is 0 Å². The van der Waals surface area contributed by atoms with Gasteiger partial charge in [-0.25, -0.2) is 0 Å². The van der Waals surface area contributed by atoms with E-state index in [2.05, 4.69) is 16.7 Å². The van der Waals surface area contributed by atoms with E-state index in [1.165, 1.54) is 6.08 Å². The lowest BCUT2D eigenvalue weighted by Crippen LogP contribution is -1.78. The van der Waals surface area contributed by atoms with Gasteiger partial charge in [0.1, 0.15) is 0 Å². The zero-order valence-corrected chi connectivity index (χ0v) is 6.97. The minimum absolute atomic E-state index is 0.443. The Hall–Kier alpha value is -1.90. The highest BCUT2D eigenvalue weighted by molar-refractivity contribution is 5.54. The van der Waals surface area contributed by atoms with Gasteiger partial charge >= 0.3 is 0 Å². The van der Waals surface area contributed by atoms with Gasteiger partial charge in [-0.1, -0.05) is 42.1 Å². The van der Waals surface area contributed by atoms with Crippen LogP contribution in [0.25, 0.3) is 17.5 Å². The molecule has 0 saturated heterocycles. The SMILES string of the molecule is C=Cc1nc(-c2ccccc2)no1. The van der Waals surface area contributed by atoms with Crippen LogP contribution in [0.5, 0.6) is 0 Å². The molecule has 1 heterocycles. The Morgan fingerprint density at radius 3 is 2.62 bits per heavy atom. The van der Waals surface area contributed by atoms with E-state index in [1.54, 1.807) is 0 Å². The Balaban J connectivity index is 2.41. The van der Waals surface area contributed by atoms with E-state index in [0.717, 1.165) is 5.56 Å². The minimum atomic E-state index is 0.443. The molecule has 2 rings (SSSR count).